The number of aryl methyl sites for hydroxylation is 2. The predicted octanol–water partition coefficient (Wildman–Crippen LogP) is 4.78. The number of aromatic nitrogens is 4. The maximum atomic E-state index is 13.5. The summed E-state index contributed by atoms with van der Waals surface area (Å²) in [5, 5.41) is 18.7. The molecular weight excluding hydrogens is 817 g/mol. The highest BCUT2D eigenvalue weighted by Gasteiger charge is 2.30. The lowest BCUT2D eigenvalue weighted by molar-refractivity contribution is -0.118. The summed E-state index contributed by atoms with van der Waals surface area (Å²) in [4.78, 5) is 60.1. The maximum absolute atomic E-state index is 13.5. The molecule has 0 spiro atoms. The number of imide groups is 2. The molecule has 316 valence electrons. The van der Waals surface area contributed by atoms with Gasteiger partial charge in [0.2, 0.25) is 22.1 Å². The Bertz CT molecular complexity index is 1770. The van der Waals surface area contributed by atoms with Gasteiger partial charge in [-0.05, 0) is 35.5 Å². The normalized spacial score (nSPS) is 14.8. The molecule has 0 bridgehead atoms. The summed E-state index contributed by atoms with van der Waals surface area (Å²) < 4.78 is 21.9. The van der Waals surface area contributed by atoms with E-state index < -0.39 is 24.0 Å². The van der Waals surface area contributed by atoms with Crippen LogP contribution < -0.4 is 9.80 Å². The second-order valence-corrected chi connectivity index (χ2v) is 17.0. The van der Waals surface area contributed by atoms with Crippen LogP contribution in [-0.4, -0.2) is 145 Å². The summed E-state index contributed by atoms with van der Waals surface area (Å²) in [6.07, 6.45) is 0.899. The molecule has 16 nitrogen and oxygen atoms in total. The first-order chi connectivity index (χ1) is 28.9. The number of ether oxygens (including phenoxy) is 4. The molecule has 2 aromatic heterocycles. The van der Waals surface area contributed by atoms with E-state index in [4.69, 9.17) is 18.9 Å². The summed E-state index contributed by atoms with van der Waals surface area (Å²) in [5.74, 6) is 0.506. The Balaban J connectivity index is 0.987. The van der Waals surface area contributed by atoms with Gasteiger partial charge in [-0.25, -0.2) is 9.59 Å². The van der Waals surface area contributed by atoms with Crippen LogP contribution >= 0.6 is 34.4 Å². The van der Waals surface area contributed by atoms with Gasteiger partial charge >= 0.3 is 12.2 Å². The number of anilines is 2. The topological polar surface area (TPSA) is 170 Å². The Morgan fingerprint density at radius 3 is 1.42 bits per heavy atom. The number of rotatable bonds is 20. The lowest BCUT2D eigenvalue weighted by atomic mass is 10.1. The number of benzene rings is 2. The van der Waals surface area contributed by atoms with Crippen molar-refractivity contribution in [1.29, 1.82) is 0 Å². The van der Waals surface area contributed by atoms with Crippen LogP contribution in [0.25, 0.3) is 0 Å². The van der Waals surface area contributed by atoms with Gasteiger partial charge in [-0.2, -0.15) is 21.6 Å². The minimum absolute atomic E-state index is 0.0112. The van der Waals surface area contributed by atoms with E-state index in [0.717, 1.165) is 60.2 Å². The molecule has 2 aromatic carbocycles. The molecule has 0 aliphatic carbocycles. The highest BCUT2D eigenvalue weighted by Crippen LogP contribution is 2.26. The van der Waals surface area contributed by atoms with Crippen LogP contribution in [0.2, 0.25) is 0 Å². The van der Waals surface area contributed by atoms with E-state index in [1.807, 2.05) is 60.7 Å². The molecule has 0 N–H and O–H groups in total. The molecule has 2 fully saturated rings. The molecule has 19 heteroatoms. The molecule has 0 atom stereocenters. The predicted molar refractivity (Wildman–Crippen MR) is 226 cm³/mol. The van der Waals surface area contributed by atoms with Crippen molar-refractivity contribution < 1.29 is 38.1 Å². The van der Waals surface area contributed by atoms with Crippen molar-refractivity contribution in [3.8, 4) is 0 Å². The highest BCUT2D eigenvalue weighted by atomic mass is 32.2. The summed E-state index contributed by atoms with van der Waals surface area (Å²) in [6.45, 7) is 8.03. The van der Waals surface area contributed by atoms with Gasteiger partial charge in [-0.15, -0.1) is 20.4 Å². The van der Waals surface area contributed by atoms with Gasteiger partial charge in [0.05, 0.1) is 52.5 Å². The lowest BCUT2D eigenvalue weighted by Crippen LogP contribution is -2.39. The molecule has 59 heavy (non-hydrogen) atoms. The van der Waals surface area contributed by atoms with E-state index in [1.54, 1.807) is 11.8 Å². The van der Waals surface area contributed by atoms with Crippen LogP contribution in [0.5, 0.6) is 0 Å². The number of hydrogen-bond donors (Lipinski definition) is 0. The fourth-order valence-corrected chi connectivity index (χ4v) is 9.07. The molecule has 4 heterocycles. The Morgan fingerprint density at radius 1 is 0.610 bits per heavy atom. The van der Waals surface area contributed by atoms with Crippen LogP contribution in [0.15, 0.2) is 60.7 Å². The smallest absolute Gasteiger partial charge is 0.423 e. The van der Waals surface area contributed by atoms with Gasteiger partial charge in [0.15, 0.2) is 0 Å². The highest BCUT2D eigenvalue weighted by molar-refractivity contribution is 7.99. The molecule has 6 rings (SSSR count). The van der Waals surface area contributed by atoms with E-state index >= 15 is 0 Å². The minimum Gasteiger partial charge on any atom is -0.449 e. The standard InChI is InChI=1S/C40H50N8O8S3/c49-35(29-31-9-3-1-4-10-31)47(39(51)55-21-7-15-45-17-23-53-24-18-45)37-43-41-33(58-37)13-27-57-28-14-34-42-44-38(59-34)48(36(50)30-32-11-5-2-6-12-32)40(52)56-22-8-16-46-19-25-54-26-20-46/h1-6,9-12H,7-8,13-30H2. The number of nitrogens with zero attached hydrogens (tertiary/aromatic N) is 8. The fourth-order valence-electron chi connectivity index (χ4n) is 6.24. The molecule has 2 aliphatic heterocycles. The Hall–Kier alpha value is -4.37. The Labute approximate surface area is 356 Å². The fraction of sp³-hybridized carbons (Fsp3) is 0.500. The Morgan fingerprint density at radius 2 is 1.02 bits per heavy atom. The molecular formula is C40H50N8O8S3. The second kappa shape index (κ2) is 24.0. The van der Waals surface area contributed by atoms with Gasteiger partial charge in [-0.3, -0.25) is 19.4 Å². The summed E-state index contributed by atoms with van der Waals surface area (Å²) in [5.41, 5.74) is 1.54. The molecule has 0 unspecified atom stereocenters. The van der Waals surface area contributed by atoms with Crippen LogP contribution in [0.3, 0.4) is 0 Å². The average Bonchev–Trinajstić information content (AvgIpc) is 3.92. The van der Waals surface area contributed by atoms with Crippen molar-refractivity contribution in [2.24, 2.45) is 0 Å². The Kier molecular flexibility index (Phi) is 18.0. The van der Waals surface area contributed by atoms with Gasteiger partial charge in [0.25, 0.3) is 0 Å². The molecule has 2 saturated heterocycles. The van der Waals surface area contributed by atoms with E-state index in [1.165, 1.54) is 22.7 Å². The summed E-state index contributed by atoms with van der Waals surface area (Å²) >= 11 is 4.04. The third-order valence-corrected chi connectivity index (χ3v) is 12.3. The van der Waals surface area contributed by atoms with Crippen LogP contribution in [0, 0.1) is 0 Å². The van der Waals surface area contributed by atoms with E-state index in [9.17, 15) is 19.2 Å². The molecule has 0 saturated carbocycles. The molecule has 4 amide bonds. The van der Waals surface area contributed by atoms with E-state index in [2.05, 4.69) is 30.2 Å². The molecule has 4 aromatic rings. The van der Waals surface area contributed by atoms with Gasteiger partial charge in [0, 0.05) is 52.1 Å². The summed E-state index contributed by atoms with van der Waals surface area (Å²) in [6, 6.07) is 18.4. The van der Waals surface area contributed by atoms with Crippen LogP contribution in [-0.2, 0) is 54.2 Å². The third-order valence-electron chi connectivity index (χ3n) is 9.37. The minimum atomic E-state index is -0.765. The van der Waals surface area contributed by atoms with Crippen LogP contribution in [0.1, 0.15) is 34.0 Å². The zero-order chi connectivity index (χ0) is 41.1. The van der Waals surface area contributed by atoms with Crippen molar-refractivity contribution in [3.63, 3.8) is 0 Å². The van der Waals surface area contributed by atoms with Crippen molar-refractivity contribution in [3.05, 3.63) is 81.8 Å². The monoisotopic (exact) mass is 866 g/mol. The quantitative estimate of drug-likeness (QED) is 0.111. The zero-order valence-corrected chi connectivity index (χ0v) is 35.4. The van der Waals surface area contributed by atoms with Crippen molar-refractivity contribution >= 4 is 68.7 Å². The van der Waals surface area contributed by atoms with E-state index in [-0.39, 0.29) is 36.3 Å². The first-order valence-corrected chi connectivity index (χ1v) is 22.6. The first-order valence-electron chi connectivity index (χ1n) is 19.8. The van der Waals surface area contributed by atoms with E-state index in [0.29, 0.717) is 73.6 Å². The second-order valence-electron chi connectivity index (χ2n) is 13.7. The number of thioether (sulfide) groups is 1. The number of carbonyl (C=O) groups is 4. The number of carbonyl (C=O) groups excluding carboxylic acids is 4. The first kappa shape index (κ1) is 44.2. The third kappa shape index (κ3) is 14.4. The lowest BCUT2D eigenvalue weighted by Gasteiger charge is -2.26. The van der Waals surface area contributed by atoms with Crippen LogP contribution in [0.4, 0.5) is 19.9 Å². The SMILES string of the molecule is O=C(Cc1ccccc1)N(C(=O)OCCCN1CCOCC1)c1nnc(CCSCCc2nnc(N(C(=O)Cc3ccccc3)C(=O)OCCCN3CCOCC3)s2)s1. The van der Waals surface area contributed by atoms with Gasteiger partial charge in [0.1, 0.15) is 10.0 Å². The number of hydrogen-bond acceptors (Lipinski definition) is 17. The largest absolute Gasteiger partial charge is 0.449 e. The summed E-state index contributed by atoms with van der Waals surface area (Å²) in [7, 11) is 0. The van der Waals surface area contributed by atoms with Crippen molar-refractivity contribution in [2.45, 2.75) is 38.5 Å². The van der Waals surface area contributed by atoms with Gasteiger partial charge in [-0.1, -0.05) is 83.3 Å². The molecule has 2 aliphatic rings. The van der Waals surface area contributed by atoms with Gasteiger partial charge < -0.3 is 18.9 Å². The van der Waals surface area contributed by atoms with Crippen molar-refractivity contribution in [1.82, 2.24) is 30.2 Å². The zero-order valence-electron chi connectivity index (χ0n) is 33.0. The molecule has 0 radical (unpaired) electrons. The number of amides is 4. The van der Waals surface area contributed by atoms with Crippen molar-refractivity contribution in [2.75, 3.05) is 100 Å². The average molecular weight is 867 g/mol. The number of morpholine rings is 2. The maximum Gasteiger partial charge on any atom is 0.423 e.